The van der Waals surface area contributed by atoms with E-state index in [4.69, 9.17) is 9.84 Å². The van der Waals surface area contributed by atoms with Crippen LogP contribution in [0.2, 0.25) is 0 Å². The molecule has 0 aliphatic carbocycles. The smallest absolute Gasteiger partial charge is 0.408 e. The van der Waals surface area contributed by atoms with Crippen molar-refractivity contribution in [3.8, 4) is 11.5 Å². The van der Waals surface area contributed by atoms with Crippen LogP contribution in [0, 0.1) is 0 Å². The summed E-state index contributed by atoms with van der Waals surface area (Å²) in [4.78, 5) is 22.8. The minimum absolute atomic E-state index is 0.0532. The summed E-state index contributed by atoms with van der Waals surface area (Å²) >= 11 is 0. The number of benzene rings is 1. The van der Waals surface area contributed by atoms with E-state index >= 15 is 0 Å². The van der Waals surface area contributed by atoms with Crippen molar-refractivity contribution in [2.24, 2.45) is 0 Å². The zero-order valence-corrected chi connectivity index (χ0v) is 12.1. The van der Waals surface area contributed by atoms with Gasteiger partial charge >= 0.3 is 12.1 Å². The van der Waals surface area contributed by atoms with Gasteiger partial charge in [0.25, 0.3) is 0 Å². The molecule has 0 heterocycles. The van der Waals surface area contributed by atoms with Crippen LogP contribution in [-0.2, 0) is 16.0 Å². The first kappa shape index (κ1) is 16.6. The van der Waals surface area contributed by atoms with Gasteiger partial charge in [0.15, 0.2) is 11.5 Å². The second-order valence-corrected chi connectivity index (χ2v) is 5.56. The van der Waals surface area contributed by atoms with Gasteiger partial charge in [0.1, 0.15) is 11.6 Å². The van der Waals surface area contributed by atoms with E-state index in [0.29, 0.717) is 5.56 Å². The number of aromatic hydroxyl groups is 2. The average Bonchev–Trinajstić information content (AvgIpc) is 2.30. The van der Waals surface area contributed by atoms with E-state index in [1.165, 1.54) is 18.2 Å². The minimum Gasteiger partial charge on any atom is -0.504 e. The van der Waals surface area contributed by atoms with Crippen molar-refractivity contribution in [1.82, 2.24) is 5.32 Å². The normalized spacial score (nSPS) is 12.5. The van der Waals surface area contributed by atoms with E-state index < -0.39 is 23.7 Å². The average molecular weight is 297 g/mol. The molecular weight excluding hydrogens is 278 g/mol. The number of nitrogens with one attached hydrogen (secondary N) is 1. The second-order valence-electron chi connectivity index (χ2n) is 5.56. The zero-order chi connectivity index (χ0) is 16.2. The highest BCUT2D eigenvalue weighted by molar-refractivity contribution is 5.80. The Kier molecular flexibility index (Phi) is 5.02. The van der Waals surface area contributed by atoms with Gasteiger partial charge in [-0.2, -0.15) is 0 Å². The Morgan fingerprint density at radius 1 is 1.24 bits per heavy atom. The Hall–Kier alpha value is -2.44. The molecule has 7 nitrogen and oxygen atoms in total. The zero-order valence-electron chi connectivity index (χ0n) is 12.1. The van der Waals surface area contributed by atoms with Gasteiger partial charge in [-0.3, -0.25) is 0 Å². The molecule has 0 spiro atoms. The monoisotopic (exact) mass is 297 g/mol. The molecule has 1 amide bonds. The molecule has 0 fully saturated rings. The molecule has 0 saturated carbocycles. The summed E-state index contributed by atoms with van der Waals surface area (Å²) in [5.41, 5.74) is -0.280. The highest BCUT2D eigenvalue weighted by atomic mass is 16.6. The largest absolute Gasteiger partial charge is 0.504 e. The molecule has 1 rings (SSSR count). The molecule has 1 aromatic rings. The lowest BCUT2D eigenvalue weighted by Crippen LogP contribution is -2.44. The van der Waals surface area contributed by atoms with Crippen LogP contribution in [0.4, 0.5) is 4.79 Å². The molecular formula is C14H19NO6. The summed E-state index contributed by atoms with van der Waals surface area (Å²) in [6.07, 6.45) is -0.888. The lowest BCUT2D eigenvalue weighted by molar-refractivity contribution is -0.139. The van der Waals surface area contributed by atoms with Crippen LogP contribution in [0.15, 0.2) is 18.2 Å². The first-order valence-electron chi connectivity index (χ1n) is 6.31. The molecule has 0 radical (unpaired) electrons. The molecule has 0 aliphatic rings. The number of aliphatic carboxylic acids is 1. The summed E-state index contributed by atoms with van der Waals surface area (Å²) < 4.78 is 5.00. The van der Waals surface area contributed by atoms with Gasteiger partial charge in [0, 0.05) is 6.42 Å². The van der Waals surface area contributed by atoms with E-state index in [0.717, 1.165) is 0 Å². The number of ether oxygens (including phenoxy) is 1. The molecule has 0 unspecified atom stereocenters. The third kappa shape index (κ3) is 5.60. The third-order valence-electron chi connectivity index (χ3n) is 2.47. The number of rotatable bonds is 4. The number of carboxylic acids is 1. The highest BCUT2D eigenvalue weighted by Gasteiger charge is 2.24. The quantitative estimate of drug-likeness (QED) is 0.627. The molecule has 0 aliphatic heterocycles. The number of carboxylic acid groups (broad SMARTS) is 1. The molecule has 0 saturated heterocycles. The van der Waals surface area contributed by atoms with Crippen LogP contribution >= 0.6 is 0 Å². The SMILES string of the molecule is CC(C)(C)OC(=O)N[C@H](Cc1ccc(O)c(O)c1)C(=O)O. The maximum Gasteiger partial charge on any atom is 0.408 e. The van der Waals surface area contributed by atoms with Gasteiger partial charge in [-0.15, -0.1) is 0 Å². The van der Waals surface area contributed by atoms with Crippen molar-refractivity contribution in [3.63, 3.8) is 0 Å². The Morgan fingerprint density at radius 2 is 1.86 bits per heavy atom. The third-order valence-corrected chi connectivity index (χ3v) is 2.47. The number of alkyl carbamates (subject to hydrolysis) is 1. The number of carbonyl (C=O) groups is 2. The Labute approximate surface area is 122 Å². The maximum absolute atomic E-state index is 11.6. The lowest BCUT2D eigenvalue weighted by Gasteiger charge is -2.22. The number of hydrogen-bond acceptors (Lipinski definition) is 5. The fourth-order valence-corrected chi connectivity index (χ4v) is 1.58. The summed E-state index contributed by atoms with van der Waals surface area (Å²) in [5, 5.41) is 30.0. The van der Waals surface area contributed by atoms with E-state index in [2.05, 4.69) is 5.32 Å². The van der Waals surface area contributed by atoms with Crippen LogP contribution in [0.1, 0.15) is 26.3 Å². The lowest BCUT2D eigenvalue weighted by atomic mass is 10.1. The Bertz CT molecular complexity index is 535. The van der Waals surface area contributed by atoms with Gasteiger partial charge in [-0.1, -0.05) is 6.07 Å². The van der Waals surface area contributed by atoms with Crippen molar-refractivity contribution in [2.75, 3.05) is 0 Å². The van der Waals surface area contributed by atoms with Crippen LogP contribution < -0.4 is 5.32 Å². The van der Waals surface area contributed by atoms with E-state index in [1.807, 2.05) is 0 Å². The predicted octanol–water partition coefficient (Wildman–Crippen LogP) is 1.62. The first-order valence-corrected chi connectivity index (χ1v) is 6.31. The van der Waals surface area contributed by atoms with Crippen LogP contribution in [-0.4, -0.2) is 39.0 Å². The highest BCUT2D eigenvalue weighted by Crippen LogP contribution is 2.25. The molecule has 0 aromatic heterocycles. The van der Waals surface area contributed by atoms with Crippen molar-refractivity contribution in [1.29, 1.82) is 0 Å². The van der Waals surface area contributed by atoms with Crippen LogP contribution in [0.5, 0.6) is 11.5 Å². The number of phenols is 2. The number of amides is 1. The molecule has 1 aromatic carbocycles. The van der Waals surface area contributed by atoms with Gasteiger partial charge in [0.05, 0.1) is 0 Å². The Balaban J connectivity index is 2.76. The van der Waals surface area contributed by atoms with Gasteiger partial charge in [-0.25, -0.2) is 9.59 Å². The fourth-order valence-electron chi connectivity index (χ4n) is 1.58. The summed E-state index contributed by atoms with van der Waals surface area (Å²) in [5.74, 6) is -1.88. The van der Waals surface area contributed by atoms with E-state index in [1.54, 1.807) is 20.8 Å². The first-order chi connectivity index (χ1) is 9.58. The Morgan fingerprint density at radius 3 is 2.33 bits per heavy atom. The molecule has 21 heavy (non-hydrogen) atoms. The van der Waals surface area contributed by atoms with Crippen molar-refractivity contribution < 1.29 is 29.6 Å². The summed E-state index contributed by atoms with van der Waals surface area (Å²) in [7, 11) is 0. The number of phenolic OH excluding ortho intramolecular Hbond substituents is 2. The second kappa shape index (κ2) is 6.34. The molecule has 116 valence electrons. The summed E-state index contributed by atoms with van der Waals surface area (Å²) in [6, 6.07) is 2.74. The van der Waals surface area contributed by atoms with Gasteiger partial charge in [0.2, 0.25) is 0 Å². The predicted molar refractivity (Wildman–Crippen MR) is 74.3 cm³/mol. The summed E-state index contributed by atoms with van der Waals surface area (Å²) in [6.45, 7) is 5.00. The molecule has 4 N–H and O–H groups in total. The van der Waals surface area contributed by atoms with Crippen LogP contribution in [0.25, 0.3) is 0 Å². The van der Waals surface area contributed by atoms with Gasteiger partial charge in [-0.05, 0) is 38.5 Å². The topological polar surface area (TPSA) is 116 Å². The van der Waals surface area contributed by atoms with Crippen LogP contribution in [0.3, 0.4) is 0 Å². The van der Waals surface area contributed by atoms with E-state index in [9.17, 15) is 19.8 Å². The fraction of sp³-hybridized carbons (Fsp3) is 0.429. The number of hydrogen-bond donors (Lipinski definition) is 4. The molecule has 0 bridgehead atoms. The standard InChI is InChI=1S/C14H19NO6/c1-14(2,3)21-13(20)15-9(12(18)19)6-8-4-5-10(16)11(17)7-8/h4-5,7,9,16-17H,6H2,1-3H3,(H,15,20)(H,18,19)/t9-/m1/s1. The molecule has 1 atom stereocenters. The van der Waals surface area contributed by atoms with Gasteiger partial charge < -0.3 is 25.4 Å². The maximum atomic E-state index is 11.6. The molecule has 7 heteroatoms. The van der Waals surface area contributed by atoms with Crippen molar-refractivity contribution >= 4 is 12.1 Å². The minimum atomic E-state index is -1.23. The number of carbonyl (C=O) groups excluding carboxylic acids is 1. The van der Waals surface area contributed by atoms with Crippen molar-refractivity contribution in [3.05, 3.63) is 23.8 Å². The van der Waals surface area contributed by atoms with E-state index in [-0.39, 0.29) is 17.9 Å². The van der Waals surface area contributed by atoms with Crippen molar-refractivity contribution in [2.45, 2.75) is 38.8 Å².